The molecule has 18 heavy (non-hydrogen) atoms. The molecule has 0 aromatic heterocycles. The lowest BCUT2D eigenvalue weighted by molar-refractivity contribution is -0.116. The highest BCUT2D eigenvalue weighted by atomic mass is 35.5. The fraction of sp³-hybridized carbons (Fsp3) is 0.357. The molecule has 3 N–H and O–H groups in total. The molecule has 0 aliphatic carbocycles. The van der Waals surface area contributed by atoms with Crippen LogP contribution in [-0.4, -0.2) is 12.5 Å². The number of benzene rings is 1. The Hall–Kier alpha value is -1.50. The summed E-state index contributed by atoms with van der Waals surface area (Å²) >= 11 is 6.00. The van der Waals surface area contributed by atoms with Gasteiger partial charge in [-0.3, -0.25) is 4.79 Å². The summed E-state index contributed by atoms with van der Waals surface area (Å²) in [5.41, 5.74) is 6.70. The molecule has 1 rings (SSSR count). The number of unbranched alkanes of at least 4 members (excludes halogenated alkanes) is 1. The van der Waals surface area contributed by atoms with Gasteiger partial charge in [0.1, 0.15) is 0 Å². The molecule has 0 spiro atoms. The van der Waals surface area contributed by atoms with Crippen LogP contribution in [0.25, 0.3) is 0 Å². The Bertz CT molecular complexity index is 474. The van der Waals surface area contributed by atoms with Crippen molar-refractivity contribution in [2.24, 2.45) is 5.73 Å². The van der Waals surface area contributed by atoms with Gasteiger partial charge in [-0.15, -0.1) is 0 Å². The van der Waals surface area contributed by atoms with E-state index in [4.69, 9.17) is 17.3 Å². The number of hydrogen-bond acceptors (Lipinski definition) is 2. The maximum atomic E-state index is 11.6. The van der Waals surface area contributed by atoms with Crippen molar-refractivity contribution in [2.45, 2.75) is 26.2 Å². The molecule has 1 aromatic rings. The van der Waals surface area contributed by atoms with Crippen molar-refractivity contribution < 1.29 is 4.79 Å². The van der Waals surface area contributed by atoms with Crippen LogP contribution in [0.4, 0.5) is 5.69 Å². The number of nitrogens with one attached hydrogen (secondary N) is 1. The van der Waals surface area contributed by atoms with Crippen LogP contribution in [0.15, 0.2) is 18.2 Å². The first-order valence-corrected chi connectivity index (χ1v) is 6.33. The molecule has 0 radical (unpaired) electrons. The lowest BCUT2D eigenvalue weighted by Crippen LogP contribution is -2.10. The second-order valence-corrected chi connectivity index (χ2v) is 4.26. The first-order valence-electron chi connectivity index (χ1n) is 5.95. The van der Waals surface area contributed by atoms with E-state index >= 15 is 0 Å². The quantitative estimate of drug-likeness (QED) is 0.822. The third-order valence-corrected chi connectivity index (χ3v) is 2.66. The smallest absolute Gasteiger partial charge is 0.224 e. The monoisotopic (exact) mass is 264 g/mol. The van der Waals surface area contributed by atoms with E-state index in [0.717, 1.165) is 12.8 Å². The molecular weight excluding hydrogens is 248 g/mol. The zero-order valence-corrected chi connectivity index (χ0v) is 11.2. The van der Waals surface area contributed by atoms with Gasteiger partial charge >= 0.3 is 0 Å². The van der Waals surface area contributed by atoms with Crippen LogP contribution in [0.1, 0.15) is 31.7 Å². The van der Waals surface area contributed by atoms with Crippen LogP contribution in [0, 0.1) is 11.8 Å². The summed E-state index contributed by atoms with van der Waals surface area (Å²) in [5, 5.41) is 3.38. The van der Waals surface area contributed by atoms with Crippen molar-refractivity contribution in [3.8, 4) is 11.8 Å². The first-order chi connectivity index (χ1) is 8.67. The highest BCUT2D eigenvalue weighted by molar-refractivity contribution is 6.31. The van der Waals surface area contributed by atoms with E-state index in [1.807, 2.05) is 0 Å². The largest absolute Gasteiger partial charge is 0.326 e. The van der Waals surface area contributed by atoms with Crippen LogP contribution in [-0.2, 0) is 4.79 Å². The number of carbonyl (C=O) groups is 1. The van der Waals surface area contributed by atoms with E-state index in [0.29, 0.717) is 22.7 Å². The number of rotatable bonds is 4. The van der Waals surface area contributed by atoms with Gasteiger partial charge in [0, 0.05) is 17.7 Å². The second-order valence-electron chi connectivity index (χ2n) is 3.85. The molecule has 1 aromatic carbocycles. The highest BCUT2D eigenvalue weighted by Crippen LogP contribution is 2.20. The van der Waals surface area contributed by atoms with Crippen LogP contribution in [0.3, 0.4) is 0 Å². The predicted octanol–water partition coefficient (Wildman–Crippen LogP) is 2.78. The highest BCUT2D eigenvalue weighted by Gasteiger charge is 2.04. The number of hydrogen-bond donors (Lipinski definition) is 2. The van der Waals surface area contributed by atoms with Crippen molar-refractivity contribution in [1.82, 2.24) is 0 Å². The lowest BCUT2D eigenvalue weighted by Gasteiger charge is -2.06. The fourth-order valence-corrected chi connectivity index (χ4v) is 1.57. The second kappa shape index (κ2) is 7.75. The molecule has 0 unspecified atom stereocenters. The molecule has 96 valence electrons. The van der Waals surface area contributed by atoms with Crippen molar-refractivity contribution in [3.05, 3.63) is 28.8 Å². The minimum atomic E-state index is 0.0110. The summed E-state index contributed by atoms with van der Waals surface area (Å²) in [5.74, 6) is 5.62. The Morgan fingerprint density at radius 2 is 2.28 bits per heavy atom. The summed E-state index contributed by atoms with van der Waals surface area (Å²) in [6, 6.07) is 5.24. The van der Waals surface area contributed by atoms with E-state index in [-0.39, 0.29) is 12.5 Å². The predicted molar refractivity (Wildman–Crippen MR) is 75.5 cm³/mol. The van der Waals surface area contributed by atoms with Crippen LogP contribution < -0.4 is 11.1 Å². The molecule has 0 atom stereocenters. The number of carbonyl (C=O) groups excluding carboxylic acids is 1. The van der Waals surface area contributed by atoms with Gasteiger partial charge in [-0.1, -0.05) is 36.8 Å². The maximum Gasteiger partial charge on any atom is 0.224 e. The van der Waals surface area contributed by atoms with E-state index in [9.17, 15) is 4.79 Å². The fourth-order valence-electron chi connectivity index (χ4n) is 1.41. The molecule has 0 aliphatic rings. The number of anilines is 1. The molecule has 0 heterocycles. The molecule has 4 heteroatoms. The molecular formula is C14H17ClN2O. The van der Waals surface area contributed by atoms with Gasteiger partial charge < -0.3 is 11.1 Å². The van der Waals surface area contributed by atoms with Crippen molar-refractivity contribution in [1.29, 1.82) is 0 Å². The number of nitrogens with two attached hydrogens (primary N) is 1. The normalized spacial score (nSPS) is 9.50. The molecule has 0 saturated carbocycles. The third-order valence-electron chi connectivity index (χ3n) is 2.33. The maximum absolute atomic E-state index is 11.6. The Labute approximate surface area is 113 Å². The van der Waals surface area contributed by atoms with Crippen molar-refractivity contribution >= 4 is 23.2 Å². The Morgan fingerprint density at radius 3 is 2.94 bits per heavy atom. The topological polar surface area (TPSA) is 55.1 Å². The standard InChI is InChI=1S/C14H17ClN2O/c1-2-3-6-14(18)17-12-7-8-13(15)11(10-12)5-4-9-16/h7-8,10H,2-3,6,9,16H2,1H3,(H,17,18). The van der Waals surface area contributed by atoms with Gasteiger partial charge in [-0.2, -0.15) is 0 Å². The average molecular weight is 265 g/mol. The molecule has 0 fully saturated rings. The Balaban J connectivity index is 2.75. The molecule has 0 aliphatic heterocycles. The van der Waals surface area contributed by atoms with E-state index in [1.165, 1.54) is 0 Å². The summed E-state index contributed by atoms with van der Waals surface area (Å²) in [7, 11) is 0. The van der Waals surface area contributed by atoms with Gasteiger partial charge in [0.15, 0.2) is 0 Å². The summed E-state index contributed by atoms with van der Waals surface area (Å²) < 4.78 is 0. The van der Waals surface area contributed by atoms with Crippen molar-refractivity contribution in [2.75, 3.05) is 11.9 Å². The molecule has 3 nitrogen and oxygen atoms in total. The van der Waals surface area contributed by atoms with Gasteiger partial charge in [-0.05, 0) is 24.6 Å². The minimum Gasteiger partial charge on any atom is -0.326 e. The minimum absolute atomic E-state index is 0.0110. The molecule has 0 saturated heterocycles. The summed E-state index contributed by atoms with van der Waals surface area (Å²) in [6.07, 6.45) is 2.42. The Kier molecular flexibility index (Phi) is 6.27. The zero-order chi connectivity index (χ0) is 13.4. The molecule has 1 amide bonds. The van der Waals surface area contributed by atoms with Crippen LogP contribution >= 0.6 is 11.6 Å². The summed E-state index contributed by atoms with van der Waals surface area (Å²) in [4.78, 5) is 11.6. The van der Waals surface area contributed by atoms with Crippen molar-refractivity contribution in [3.63, 3.8) is 0 Å². The van der Waals surface area contributed by atoms with Gasteiger partial charge in [0.2, 0.25) is 5.91 Å². The lowest BCUT2D eigenvalue weighted by atomic mass is 10.2. The third kappa shape index (κ3) is 4.79. The van der Waals surface area contributed by atoms with Gasteiger partial charge in [0.25, 0.3) is 0 Å². The Morgan fingerprint density at radius 1 is 1.50 bits per heavy atom. The van der Waals surface area contributed by atoms with Crippen LogP contribution in [0.2, 0.25) is 5.02 Å². The SMILES string of the molecule is CCCCC(=O)Nc1ccc(Cl)c(C#CCN)c1. The molecule has 0 bridgehead atoms. The van der Waals surface area contributed by atoms with Gasteiger partial charge in [0.05, 0.1) is 11.6 Å². The van der Waals surface area contributed by atoms with E-state index in [2.05, 4.69) is 24.1 Å². The number of halogens is 1. The van der Waals surface area contributed by atoms with Crippen LogP contribution in [0.5, 0.6) is 0 Å². The van der Waals surface area contributed by atoms with Gasteiger partial charge in [-0.25, -0.2) is 0 Å². The van der Waals surface area contributed by atoms with E-state index < -0.39 is 0 Å². The average Bonchev–Trinajstić information content (AvgIpc) is 2.37. The first kappa shape index (κ1) is 14.6. The number of amides is 1. The zero-order valence-electron chi connectivity index (χ0n) is 10.4. The van der Waals surface area contributed by atoms with E-state index in [1.54, 1.807) is 18.2 Å². The summed E-state index contributed by atoms with van der Waals surface area (Å²) in [6.45, 7) is 2.33.